The van der Waals surface area contributed by atoms with Gasteiger partial charge in [0.2, 0.25) is 0 Å². The lowest BCUT2D eigenvalue weighted by Gasteiger charge is -2.20. The summed E-state index contributed by atoms with van der Waals surface area (Å²) in [6, 6.07) is -0.433. The molecule has 0 heterocycles. The molecule has 0 aliphatic carbocycles. The zero-order valence-corrected chi connectivity index (χ0v) is 13.4. The van der Waals surface area contributed by atoms with Crippen molar-refractivity contribution in [2.45, 2.75) is 26.3 Å². The normalized spacial score (nSPS) is 10.9. The molecule has 0 rings (SSSR count). The molecule has 0 saturated heterocycles. The molecule has 0 aromatic heterocycles. The van der Waals surface area contributed by atoms with Crippen LogP contribution in [0.25, 0.3) is 0 Å². The number of ether oxygens (including phenoxy) is 2. The van der Waals surface area contributed by atoms with Crippen LogP contribution in [-0.2, 0) is 9.47 Å². The number of amides is 4. The highest BCUT2D eigenvalue weighted by Gasteiger charge is 2.12. The monoisotopic (exact) mass is 304 g/mol. The average molecular weight is 304 g/mol. The SMILES string of the molecule is CNC(=O)NCCOCCOCCNC(=O)NC(C)(C)C. The quantitative estimate of drug-likeness (QED) is 0.452. The van der Waals surface area contributed by atoms with Crippen molar-refractivity contribution >= 4 is 12.1 Å². The Morgan fingerprint density at radius 1 is 0.857 bits per heavy atom. The Hall–Kier alpha value is -1.54. The first-order chi connectivity index (χ1) is 9.85. The van der Waals surface area contributed by atoms with E-state index in [1.807, 2.05) is 20.8 Å². The van der Waals surface area contributed by atoms with E-state index in [0.29, 0.717) is 39.5 Å². The molecule has 0 aromatic rings. The molecule has 0 fully saturated rings. The van der Waals surface area contributed by atoms with Gasteiger partial charge in [-0.25, -0.2) is 9.59 Å². The zero-order chi connectivity index (χ0) is 16.1. The lowest BCUT2D eigenvalue weighted by atomic mass is 10.1. The van der Waals surface area contributed by atoms with Crippen LogP contribution in [0.3, 0.4) is 0 Å². The topological polar surface area (TPSA) is 101 Å². The van der Waals surface area contributed by atoms with Gasteiger partial charge in [-0.15, -0.1) is 0 Å². The van der Waals surface area contributed by atoms with Crippen LogP contribution < -0.4 is 21.3 Å². The Kier molecular flexibility index (Phi) is 10.3. The van der Waals surface area contributed by atoms with Crippen molar-refractivity contribution in [1.82, 2.24) is 21.3 Å². The minimum atomic E-state index is -0.249. The van der Waals surface area contributed by atoms with Gasteiger partial charge in [0.15, 0.2) is 0 Å². The van der Waals surface area contributed by atoms with E-state index in [1.165, 1.54) is 0 Å². The van der Waals surface area contributed by atoms with Gasteiger partial charge in [0.1, 0.15) is 0 Å². The fourth-order valence-corrected chi connectivity index (χ4v) is 1.27. The summed E-state index contributed by atoms with van der Waals surface area (Å²) in [7, 11) is 1.56. The van der Waals surface area contributed by atoms with Crippen molar-refractivity contribution < 1.29 is 19.1 Å². The van der Waals surface area contributed by atoms with E-state index in [1.54, 1.807) is 7.05 Å². The van der Waals surface area contributed by atoms with E-state index in [2.05, 4.69) is 21.3 Å². The van der Waals surface area contributed by atoms with Gasteiger partial charge >= 0.3 is 12.1 Å². The van der Waals surface area contributed by atoms with Crippen LogP contribution in [0, 0.1) is 0 Å². The third-order valence-corrected chi connectivity index (χ3v) is 2.15. The van der Waals surface area contributed by atoms with Gasteiger partial charge in [0.25, 0.3) is 0 Å². The summed E-state index contributed by atoms with van der Waals surface area (Å²) in [5.74, 6) is 0. The molecule has 0 spiro atoms. The van der Waals surface area contributed by atoms with Crippen molar-refractivity contribution in [2.75, 3.05) is 46.6 Å². The largest absolute Gasteiger partial charge is 0.377 e. The smallest absolute Gasteiger partial charge is 0.315 e. The molecular formula is C13H28N4O4. The second kappa shape index (κ2) is 11.2. The maximum atomic E-state index is 11.4. The number of hydrogen-bond acceptors (Lipinski definition) is 4. The van der Waals surface area contributed by atoms with E-state index in [-0.39, 0.29) is 17.6 Å². The second-order valence-corrected chi connectivity index (χ2v) is 5.36. The summed E-state index contributed by atoms with van der Waals surface area (Å²) in [5, 5.41) is 10.5. The van der Waals surface area contributed by atoms with Crippen LogP contribution in [0.5, 0.6) is 0 Å². The zero-order valence-electron chi connectivity index (χ0n) is 13.4. The maximum absolute atomic E-state index is 11.4. The van der Waals surface area contributed by atoms with Crippen LogP contribution >= 0.6 is 0 Å². The van der Waals surface area contributed by atoms with Gasteiger partial charge in [0, 0.05) is 25.7 Å². The third-order valence-electron chi connectivity index (χ3n) is 2.15. The van der Waals surface area contributed by atoms with Crippen LogP contribution in [-0.4, -0.2) is 64.2 Å². The number of nitrogens with one attached hydrogen (secondary N) is 4. The van der Waals surface area contributed by atoms with Gasteiger partial charge in [0.05, 0.1) is 26.4 Å². The van der Waals surface area contributed by atoms with Crippen molar-refractivity contribution in [3.63, 3.8) is 0 Å². The first kappa shape index (κ1) is 19.5. The molecule has 0 aromatic carbocycles. The predicted molar refractivity (Wildman–Crippen MR) is 80.4 cm³/mol. The van der Waals surface area contributed by atoms with Crippen LogP contribution in [0.4, 0.5) is 9.59 Å². The predicted octanol–water partition coefficient (Wildman–Crippen LogP) is 0.0463. The van der Waals surface area contributed by atoms with E-state index in [9.17, 15) is 9.59 Å². The Morgan fingerprint density at radius 3 is 1.76 bits per heavy atom. The molecule has 0 radical (unpaired) electrons. The van der Waals surface area contributed by atoms with Gasteiger partial charge in [-0.1, -0.05) is 0 Å². The van der Waals surface area contributed by atoms with E-state index < -0.39 is 0 Å². The number of carbonyl (C=O) groups excluding carboxylic acids is 2. The Labute approximate surface area is 126 Å². The standard InChI is InChI=1S/C13H28N4O4/c1-13(2,3)17-12(19)16-6-8-21-10-9-20-7-5-15-11(18)14-4/h5-10H2,1-4H3,(H2,14,15,18)(H2,16,17,19). The van der Waals surface area contributed by atoms with Crippen LogP contribution in [0.1, 0.15) is 20.8 Å². The Balaban J connectivity index is 3.26. The molecule has 124 valence electrons. The van der Waals surface area contributed by atoms with Crippen molar-refractivity contribution in [2.24, 2.45) is 0 Å². The number of hydrogen-bond donors (Lipinski definition) is 4. The fraction of sp³-hybridized carbons (Fsp3) is 0.846. The summed E-state index contributed by atoms with van der Waals surface area (Å²) >= 11 is 0. The van der Waals surface area contributed by atoms with Gasteiger partial charge in [-0.05, 0) is 20.8 Å². The molecule has 0 saturated carbocycles. The summed E-state index contributed by atoms with van der Waals surface area (Å²) in [6.07, 6.45) is 0. The lowest BCUT2D eigenvalue weighted by molar-refractivity contribution is 0.0509. The van der Waals surface area contributed by atoms with Crippen molar-refractivity contribution in [3.05, 3.63) is 0 Å². The second-order valence-electron chi connectivity index (χ2n) is 5.36. The Morgan fingerprint density at radius 2 is 1.33 bits per heavy atom. The highest BCUT2D eigenvalue weighted by molar-refractivity contribution is 5.74. The van der Waals surface area contributed by atoms with Crippen LogP contribution in [0.15, 0.2) is 0 Å². The minimum absolute atomic E-state index is 0.206. The fourth-order valence-electron chi connectivity index (χ4n) is 1.27. The molecule has 0 aliphatic heterocycles. The molecule has 8 nitrogen and oxygen atoms in total. The highest BCUT2D eigenvalue weighted by atomic mass is 16.5. The highest BCUT2D eigenvalue weighted by Crippen LogP contribution is 1.96. The summed E-state index contributed by atoms with van der Waals surface area (Å²) in [5.41, 5.74) is -0.249. The summed E-state index contributed by atoms with van der Waals surface area (Å²) < 4.78 is 10.6. The lowest BCUT2D eigenvalue weighted by Crippen LogP contribution is -2.47. The molecule has 4 N–H and O–H groups in total. The molecule has 21 heavy (non-hydrogen) atoms. The molecule has 4 amide bonds. The average Bonchev–Trinajstić information content (AvgIpc) is 2.38. The van der Waals surface area contributed by atoms with E-state index >= 15 is 0 Å². The van der Waals surface area contributed by atoms with Crippen LogP contribution in [0.2, 0.25) is 0 Å². The Bertz CT molecular complexity index is 305. The third kappa shape index (κ3) is 14.7. The first-order valence-corrected chi connectivity index (χ1v) is 7.02. The molecular weight excluding hydrogens is 276 g/mol. The minimum Gasteiger partial charge on any atom is -0.377 e. The molecule has 0 bridgehead atoms. The summed E-state index contributed by atoms with van der Waals surface area (Å²) in [4.78, 5) is 22.2. The van der Waals surface area contributed by atoms with E-state index in [0.717, 1.165) is 0 Å². The van der Waals surface area contributed by atoms with Crippen molar-refractivity contribution in [3.8, 4) is 0 Å². The molecule has 0 aliphatic rings. The van der Waals surface area contributed by atoms with Crippen molar-refractivity contribution in [1.29, 1.82) is 0 Å². The molecule has 0 unspecified atom stereocenters. The van der Waals surface area contributed by atoms with Gasteiger partial charge in [-0.2, -0.15) is 0 Å². The summed E-state index contributed by atoms with van der Waals surface area (Å²) in [6.45, 7) is 8.40. The van der Waals surface area contributed by atoms with Gasteiger partial charge < -0.3 is 30.7 Å². The number of urea groups is 2. The first-order valence-electron chi connectivity index (χ1n) is 7.02. The van der Waals surface area contributed by atoms with Gasteiger partial charge in [-0.3, -0.25) is 0 Å². The number of carbonyl (C=O) groups is 2. The maximum Gasteiger partial charge on any atom is 0.315 e. The molecule has 8 heteroatoms. The number of rotatable bonds is 9. The molecule has 0 atom stereocenters. The van der Waals surface area contributed by atoms with E-state index in [4.69, 9.17) is 9.47 Å².